The Morgan fingerprint density at radius 3 is 2.64 bits per heavy atom. The first-order valence-electron chi connectivity index (χ1n) is 8.29. The van der Waals surface area contributed by atoms with E-state index in [0.29, 0.717) is 10.7 Å². The van der Waals surface area contributed by atoms with Crippen molar-refractivity contribution in [2.45, 2.75) is 6.04 Å². The molecule has 2 aromatic heterocycles. The van der Waals surface area contributed by atoms with Gasteiger partial charge < -0.3 is 4.42 Å². The quantitative estimate of drug-likeness (QED) is 0.507. The van der Waals surface area contributed by atoms with Crippen molar-refractivity contribution < 1.29 is 18.0 Å². The largest absolute Gasteiger partial charge is 0.450 e. The molecular formula is C20H10F2N2O3S. The number of thiazole rings is 1. The maximum absolute atomic E-state index is 13.9. The predicted molar refractivity (Wildman–Crippen MR) is 99.6 cm³/mol. The van der Waals surface area contributed by atoms with Crippen LogP contribution in [0.15, 0.2) is 63.3 Å². The zero-order valence-corrected chi connectivity index (χ0v) is 14.9. The molecule has 3 heterocycles. The molecule has 1 aliphatic rings. The summed E-state index contributed by atoms with van der Waals surface area (Å²) in [4.78, 5) is 31.8. The highest BCUT2D eigenvalue weighted by Gasteiger charge is 2.44. The van der Waals surface area contributed by atoms with E-state index in [4.69, 9.17) is 4.42 Å². The minimum atomic E-state index is -0.923. The number of aromatic nitrogens is 1. The van der Waals surface area contributed by atoms with Gasteiger partial charge in [-0.3, -0.25) is 14.5 Å². The van der Waals surface area contributed by atoms with E-state index in [1.165, 1.54) is 46.7 Å². The lowest BCUT2D eigenvalue weighted by Crippen LogP contribution is -2.29. The van der Waals surface area contributed by atoms with Crippen molar-refractivity contribution in [3.05, 3.63) is 92.8 Å². The Bertz CT molecular complexity index is 1300. The maximum atomic E-state index is 13.9. The number of hydrogen-bond acceptors (Lipinski definition) is 5. The van der Waals surface area contributed by atoms with Crippen LogP contribution >= 0.6 is 11.3 Å². The highest BCUT2D eigenvalue weighted by atomic mass is 32.1. The second-order valence-corrected chi connectivity index (χ2v) is 7.13. The predicted octanol–water partition coefficient (Wildman–Crippen LogP) is 4.28. The molecule has 0 N–H and O–H groups in total. The molecule has 138 valence electrons. The molecule has 5 rings (SSSR count). The number of benzene rings is 2. The Kier molecular flexibility index (Phi) is 3.63. The smallest absolute Gasteiger partial charge is 0.297 e. The fraction of sp³-hybridized carbons (Fsp3) is 0.0500. The topological polar surface area (TPSA) is 63.4 Å². The van der Waals surface area contributed by atoms with Gasteiger partial charge in [0.05, 0.1) is 17.0 Å². The summed E-state index contributed by atoms with van der Waals surface area (Å²) in [6, 6.07) is 8.24. The maximum Gasteiger partial charge on any atom is 0.297 e. The average molecular weight is 396 g/mol. The van der Waals surface area contributed by atoms with Gasteiger partial charge in [-0.2, -0.15) is 0 Å². The Morgan fingerprint density at radius 2 is 1.89 bits per heavy atom. The molecule has 0 radical (unpaired) electrons. The minimum Gasteiger partial charge on any atom is -0.450 e. The van der Waals surface area contributed by atoms with E-state index >= 15 is 0 Å². The van der Waals surface area contributed by atoms with E-state index in [-0.39, 0.29) is 22.3 Å². The Morgan fingerprint density at radius 1 is 1.07 bits per heavy atom. The number of hydrogen-bond donors (Lipinski definition) is 0. The van der Waals surface area contributed by atoms with Crippen LogP contribution in [0.4, 0.5) is 13.9 Å². The Labute approximate surface area is 160 Å². The standard InChI is InChI=1S/C20H10F2N2O3S/c21-11-3-1-2-10(8-11)16-15-17(25)13-9-12(22)4-5-14(13)27-18(15)19(26)24(16)20-23-6-7-28-20/h1-9,16H. The lowest BCUT2D eigenvalue weighted by Gasteiger charge is -2.22. The molecule has 1 atom stereocenters. The van der Waals surface area contributed by atoms with E-state index in [2.05, 4.69) is 4.98 Å². The van der Waals surface area contributed by atoms with E-state index in [0.717, 1.165) is 12.1 Å². The van der Waals surface area contributed by atoms with Crippen LogP contribution in [0.3, 0.4) is 0 Å². The first-order valence-corrected chi connectivity index (χ1v) is 9.17. The van der Waals surface area contributed by atoms with Crippen molar-refractivity contribution in [1.29, 1.82) is 0 Å². The lowest BCUT2D eigenvalue weighted by atomic mass is 9.98. The van der Waals surface area contributed by atoms with Crippen LogP contribution in [-0.4, -0.2) is 10.9 Å². The molecule has 0 fully saturated rings. The summed E-state index contributed by atoms with van der Waals surface area (Å²) in [5.74, 6) is -1.80. The summed E-state index contributed by atoms with van der Waals surface area (Å²) in [6.45, 7) is 0. The van der Waals surface area contributed by atoms with E-state index < -0.39 is 29.0 Å². The number of fused-ring (bicyclic) bond motifs is 2. The molecule has 8 heteroatoms. The molecule has 0 saturated carbocycles. The van der Waals surface area contributed by atoms with Crippen molar-refractivity contribution in [2.75, 3.05) is 4.90 Å². The average Bonchev–Trinajstić information content (AvgIpc) is 3.29. The fourth-order valence-electron chi connectivity index (χ4n) is 3.47. The summed E-state index contributed by atoms with van der Waals surface area (Å²) in [5, 5.41) is 2.06. The summed E-state index contributed by atoms with van der Waals surface area (Å²) >= 11 is 1.21. The van der Waals surface area contributed by atoms with Gasteiger partial charge in [-0.15, -0.1) is 11.3 Å². The molecule has 2 aromatic carbocycles. The van der Waals surface area contributed by atoms with Crippen molar-refractivity contribution in [1.82, 2.24) is 4.98 Å². The molecule has 28 heavy (non-hydrogen) atoms. The first-order chi connectivity index (χ1) is 13.5. The number of carbonyl (C=O) groups excluding carboxylic acids is 1. The van der Waals surface area contributed by atoms with Crippen LogP contribution in [0, 0.1) is 11.6 Å². The molecule has 4 aromatic rings. The van der Waals surface area contributed by atoms with E-state index in [1.54, 1.807) is 11.4 Å². The fourth-order valence-corrected chi connectivity index (χ4v) is 4.14. The summed E-state index contributed by atoms with van der Waals surface area (Å²) in [7, 11) is 0. The summed E-state index contributed by atoms with van der Waals surface area (Å²) < 4.78 is 33.3. The Balaban J connectivity index is 1.85. The third-order valence-corrected chi connectivity index (χ3v) is 5.39. The van der Waals surface area contributed by atoms with Gasteiger partial charge in [-0.1, -0.05) is 12.1 Å². The van der Waals surface area contributed by atoms with Gasteiger partial charge >= 0.3 is 0 Å². The number of nitrogens with zero attached hydrogens (tertiary/aromatic N) is 2. The summed E-state index contributed by atoms with van der Waals surface area (Å²) in [6.07, 6.45) is 1.53. The zero-order valence-electron chi connectivity index (χ0n) is 14.1. The van der Waals surface area contributed by atoms with Gasteiger partial charge in [-0.25, -0.2) is 13.8 Å². The van der Waals surface area contributed by atoms with Gasteiger partial charge in [0.25, 0.3) is 5.91 Å². The number of halogens is 2. The minimum absolute atomic E-state index is 0.0222. The van der Waals surface area contributed by atoms with Crippen LogP contribution in [0.1, 0.15) is 27.7 Å². The van der Waals surface area contributed by atoms with Crippen molar-refractivity contribution in [3.8, 4) is 0 Å². The number of anilines is 1. The SMILES string of the molecule is O=C1c2oc3ccc(F)cc3c(=O)c2C(c2cccc(F)c2)N1c1nccs1. The molecular weight excluding hydrogens is 386 g/mol. The number of rotatable bonds is 2. The van der Waals surface area contributed by atoms with Crippen LogP contribution in [-0.2, 0) is 0 Å². The molecule has 5 nitrogen and oxygen atoms in total. The molecule has 1 unspecified atom stereocenters. The molecule has 1 amide bonds. The molecule has 0 saturated heterocycles. The van der Waals surface area contributed by atoms with Gasteiger partial charge in [0.2, 0.25) is 5.76 Å². The van der Waals surface area contributed by atoms with Gasteiger partial charge in [0, 0.05) is 11.6 Å². The monoisotopic (exact) mass is 396 g/mol. The second kappa shape index (κ2) is 6.07. The molecule has 0 spiro atoms. The summed E-state index contributed by atoms with van der Waals surface area (Å²) in [5.41, 5.74) is 0.0177. The van der Waals surface area contributed by atoms with Crippen LogP contribution in [0.5, 0.6) is 0 Å². The van der Waals surface area contributed by atoms with E-state index in [9.17, 15) is 18.4 Å². The number of carbonyl (C=O) groups is 1. The Hall–Kier alpha value is -3.39. The highest BCUT2D eigenvalue weighted by Crippen LogP contribution is 2.41. The van der Waals surface area contributed by atoms with Crippen molar-refractivity contribution in [2.24, 2.45) is 0 Å². The normalized spacial score (nSPS) is 16.0. The first kappa shape index (κ1) is 16.8. The van der Waals surface area contributed by atoms with Crippen LogP contribution in [0.25, 0.3) is 11.0 Å². The van der Waals surface area contributed by atoms with Crippen LogP contribution < -0.4 is 10.3 Å². The van der Waals surface area contributed by atoms with Gasteiger partial charge in [-0.05, 0) is 35.9 Å². The zero-order chi connectivity index (χ0) is 19.4. The highest BCUT2D eigenvalue weighted by molar-refractivity contribution is 7.13. The van der Waals surface area contributed by atoms with E-state index in [1.807, 2.05) is 0 Å². The molecule has 1 aliphatic heterocycles. The third kappa shape index (κ3) is 2.38. The van der Waals surface area contributed by atoms with Crippen molar-refractivity contribution in [3.63, 3.8) is 0 Å². The van der Waals surface area contributed by atoms with Gasteiger partial charge in [0.1, 0.15) is 17.2 Å². The number of amides is 1. The molecule has 0 aliphatic carbocycles. The molecule has 0 bridgehead atoms. The van der Waals surface area contributed by atoms with Crippen LogP contribution in [0.2, 0.25) is 0 Å². The van der Waals surface area contributed by atoms with Crippen molar-refractivity contribution >= 4 is 33.3 Å². The second-order valence-electron chi connectivity index (χ2n) is 6.26. The van der Waals surface area contributed by atoms with Gasteiger partial charge in [0.15, 0.2) is 10.6 Å². The third-order valence-electron chi connectivity index (χ3n) is 4.62. The lowest BCUT2D eigenvalue weighted by molar-refractivity contribution is 0.0971.